The van der Waals surface area contributed by atoms with Gasteiger partial charge in [-0.05, 0) is 43.3 Å². The van der Waals surface area contributed by atoms with Crippen LogP contribution in [0.15, 0.2) is 52.9 Å². The highest BCUT2D eigenvalue weighted by atomic mass is 16.5. The number of hydrogen-bond donors (Lipinski definition) is 0. The van der Waals surface area contributed by atoms with Gasteiger partial charge in [0.2, 0.25) is 11.8 Å². The molecule has 5 heteroatoms. The Labute approximate surface area is 141 Å². The van der Waals surface area contributed by atoms with Crippen LogP contribution in [0.25, 0.3) is 11.5 Å². The molecule has 24 heavy (non-hydrogen) atoms. The van der Waals surface area contributed by atoms with Crippen LogP contribution in [0.2, 0.25) is 0 Å². The SMILES string of the molecule is COc1ccc(CN(C)Cc2nnc(-c3ccccc3)o2)cc1C. The predicted octanol–water partition coefficient (Wildman–Crippen LogP) is 3.69. The van der Waals surface area contributed by atoms with Crippen molar-refractivity contribution in [3.05, 3.63) is 65.5 Å². The summed E-state index contributed by atoms with van der Waals surface area (Å²) in [6.07, 6.45) is 0. The Morgan fingerprint density at radius 3 is 2.54 bits per heavy atom. The highest BCUT2D eigenvalue weighted by molar-refractivity contribution is 5.51. The van der Waals surface area contributed by atoms with Crippen molar-refractivity contribution in [2.24, 2.45) is 0 Å². The van der Waals surface area contributed by atoms with E-state index in [0.29, 0.717) is 18.3 Å². The molecule has 0 radical (unpaired) electrons. The lowest BCUT2D eigenvalue weighted by Crippen LogP contribution is -2.17. The molecule has 2 aromatic carbocycles. The first-order valence-corrected chi connectivity index (χ1v) is 7.85. The fourth-order valence-corrected chi connectivity index (χ4v) is 2.65. The third-order valence-corrected chi connectivity index (χ3v) is 3.80. The largest absolute Gasteiger partial charge is 0.496 e. The summed E-state index contributed by atoms with van der Waals surface area (Å²) in [6, 6.07) is 16.0. The van der Waals surface area contributed by atoms with Gasteiger partial charge in [-0.3, -0.25) is 4.90 Å². The molecule has 0 fully saturated rings. The lowest BCUT2D eigenvalue weighted by molar-refractivity contribution is 0.282. The van der Waals surface area contributed by atoms with Gasteiger partial charge in [0.1, 0.15) is 5.75 Å². The summed E-state index contributed by atoms with van der Waals surface area (Å²) >= 11 is 0. The second-order valence-corrected chi connectivity index (χ2v) is 5.84. The Hall–Kier alpha value is -2.66. The van der Waals surface area contributed by atoms with E-state index in [4.69, 9.17) is 9.15 Å². The predicted molar refractivity (Wildman–Crippen MR) is 92.6 cm³/mol. The Morgan fingerprint density at radius 1 is 1.04 bits per heavy atom. The molecular formula is C19H21N3O2. The summed E-state index contributed by atoms with van der Waals surface area (Å²) in [4.78, 5) is 2.14. The van der Waals surface area contributed by atoms with Gasteiger partial charge >= 0.3 is 0 Å². The van der Waals surface area contributed by atoms with Crippen molar-refractivity contribution in [1.82, 2.24) is 15.1 Å². The molecule has 0 amide bonds. The van der Waals surface area contributed by atoms with Crippen LogP contribution >= 0.6 is 0 Å². The minimum absolute atomic E-state index is 0.555. The van der Waals surface area contributed by atoms with Gasteiger partial charge in [-0.1, -0.05) is 30.3 Å². The van der Waals surface area contributed by atoms with E-state index in [2.05, 4.69) is 27.2 Å². The first-order chi connectivity index (χ1) is 11.7. The molecule has 0 N–H and O–H groups in total. The molecule has 0 saturated heterocycles. The van der Waals surface area contributed by atoms with Crippen LogP contribution in [0.1, 0.15) is 17.0 Å². The zero-order valence-corrected chi connectivity index (χ0v) is 14.2. The summed E-state index contributed by atoms with van der Waals surface area (Å²) in [7, 11) is 3.72. The summed E-state index contributed by atoms with van der Waals surface area (Å²) in [5.74, 6) is 2.08. The number of rotatable bonds is 6. The molecule has 3 rings (SSSR count). The third-order valence-electron chi connectivity index (χ3n) is 3.80. The molecular weight excluding hydrogens is 302 g/mol. The molecule has 0 saturated carbocycles. The molecule has 0 atom stereocenters. The summed E-state index contributed by atoms with van der Waals surface area (Å²) in [5, 5.41) is 8.26. The van der Waals surface area contributed by atoms with E-state index >= 15 is 0 Å². The Kier molecular flexibility index (Phi) is 4.91. The van der Waals surface area contributed by atoms with Gasteiger partial charge in [-0.2, -0.15) is 0 Å². The molecule has 124 valence electrons. The van der Waals surface area contributed by atoms with E-state index in [0.717, 1.165) is 23.4 Å². The molecule has 3 aromatic rings. The lowest BCUT2D eigenvalue weighted by atomic mass is 10.1. The third kappa shape index (κ3) is 3.81. The van der Waals surface area contributed by atoms with Gasteiger partial charge in [-0.15, -0.1) is 10.2 Å². The first-order valence-electron chi connectivity index (χ1n) is 7.85. The molecule has 0 aliphatic carbocycles. The van der Waals surface area contributed by atoms with E-state index in [1.807, 2.05) is 50.4 Å². The number of aromatic nitrogens is 2. The average Bonchev–Trinajstić information content (AvgIpc) is 3.04. The maximum Gasteiger partial charge on any atom is 0.247 e. The van der Waals surface area contributed by atoms with Crippen molar-refractivity contribution >= 4 is 0 Å². The van der Waals surface area contributed by atoms with Gasteiger partial charge in [0.15, 0.2) is 0 Å². The van der Waals surface area contributed by atoms with Crippen LogP contribution in [0, 0.1) is 6.92 Å². The van der Waals surface area contributed by atoms with Crippen molar-refractivity contribution in [2.75, 3.05) is 14.2 Å². The highest BCUT2D eigenvalue weighted by Crippen LogP contribution is 2.20. The number of methoxy groups -OCH3 is 1. The van der Waals surface area contributed by atoms with Gasteiger partial charge in [0.05, 0.1) is 13.7 Å². The van der Waals surface area contributed by atoms with E-state index in [1.54, 1.807) is 7.11 Å². The fraction of sp³-hybridized carbons (Fsp3) is 0.263. The van der Waals surface area contributed by atoms with Crippen LogP contribution in [-0.4, -0.2) is 29.3 Å². The van der Waals surface area contributed by atoms with Crippen LogP contribution in [0.4, 0.5) is 0 Å². The van der Waals surface area contributed by atoms with Crippen LogP contribution in [0.3, 0.4) is 0 Å². The molecule has 5 nitrogen and oxygen atoms in total. The van der Waals surface area contributed by atoms with Crippen LogP contribution in [0.5, 0.6) is 5.75 Å². The molecule has 1 aromatic heterocycles. The fourth-order valence-electron chi connectivity index (χ4n) is 2.65. The number of benzene rings is 2. The van der Waals surface area contributed by atoms with E-state index < -0.39 is 0 Å². The van der Waals surface area contributed by atoms with Crippen LogP contribution in [-0.2, 0) is 13.1 Å². The van der Waals surface area contributed by atoms with E-state index in [9.17, 15) is 0 Å². The van der Waals surface area contributed by atoms with Crippen molar-refractivity contribution < 1.29 is 9.15 Å². The Morgan fingerprint density at radius 2 is 1.83 bits per heavy atom. The summed E-state index contributed by atoms with van der Waals surface area (Å²) in [6.45, 7) is 3.45. The van der Waals surface area contributed by atoms with Gasteiger partial charge < -0.3 is 9.15 Å². The van der Waals surface area contributed by atoms with Crippen molar-refractivity contribution in [3.8, 4) is 17.2 Å². The molecule has 1 heterocycles. The number of ether oxygens (including phenoxy) is 1. The standard InChI is InChI=1S/C19H21N3O2/c1-14-11-15(9-10-17(14)23-3)12-22(2)13-18-20-21-19(24-18)16-7-5-4-6-8-16/h4-11H,12-13H2,1-3H3. The number of hydrogen-bond acceptors (Lipinski definition) is 5. The molecule has 0 aliphatic rings. The minimum Gasteiger partial charge on any atom is -0.496 e. The zero-order chi connectivity index (χ0) is 16.9. The zero-order valence-electron chi connectivity index (χ0n) is 14.2. The van der Waals surface area contributed by atoms with Crippen molar-refractivity contribution in [3.63, 3.8) is 0 Å². The summed E-state index contributed by atoms with van der Waals surface area (Å²) in [5.41, 5.74) is 3.29. The van der Waals surface area contributed by atoms with Gasteiger partial charge in [0.25, 0.3) is 0 Å². The normalized spacial score (nSPS) is 11.0. The second-order valence-electron chi connectivity index (χ2n) is 5.84. The van der Waals surface area contributed by atoms with Gasteiger partial charge in [0, 0.05) is 12.1 Å². The minimum atomic E-state index is 0.555. The molecule has 0 aliphatic heterocycles. The monoisotopic (exact) mass is 323 g/mol. The van der Waals surface area contributed by atoms with Crippen LogP contribution < -0.4 is 4.74 Å². The second kappa shape index (κ2) is 7.27. The average molecular weight is 323 g/mol. The van der Waals surface area contributed by atoms with Crippen molar-refractivity contribution in [1.29, 1.82) is 0 Å². The summed E-state index contributed by atoms with van der Waals surface area (Å²) < 4.78 is 11.1. The quantitative estimate of drug-likeness (QED) is 0.692. The van der Waals surface area contributed by atoms with Gasteiger partial charge in [-0.25, -0.2) is 0 Å². The Bertz CT molecular complexity index is 799. The maximum atomic E-state index is 5.75. The smallest absolute Gasteiger partial charge is 0.247 e. The topological polar surface area (TPSA) is 51.4 Å². The molecule has 0 unspecified atom stereocenters. The first kappa shape index (κ1) is 16.2. The molecule has 0 spiro atoms. The van der Waals surface area contributed by atoms with Crippen molar-refractivity contribution in [2.45, 2.75) is 20.0 Å². The maximum absolute atomic E-state index is 5.75. The number of aryl methyl sites for hydroxylation is 1. The number of nitrogens with zero attached hydrogens (tertiary/aromatic N) is 3. The highest BCUT2D eigenvalue weighted by Gasteiger charge is 2.11. The lowest BCUT2D eigenvalue weighted by Gasteiger charge is -2.15. The van der Waals surface area contributed by atoms with E-state index in [-0.39, 0.29) is 0 Å². The molecule has 0 bridgehead atoms. The Balaban J connectivity index is 1.64. The van der Waals surface area contributed by atoms with E-state index in [1.165, 1.54) is 5.56 Å².